The zero-order valence-electron chi connectivity index (χ0n) is 19.7. The first kappa shape index (κ1) is 24.6. The standard InChI is InChI=1S/C26H31F2N3O2/c1-25(2,3)22(30-24(33)26(4,5)29)23(32)31-15-17(19-14-18(27)11-12-20(19)28)13-21(31)16-9-7-6-8-10-16/h6-14,21-22H,15,29H2,1-5H3,(H,30,33)/t21-,22+/m0/s1. The van der Waals surface area contributed by atoms with Gasteiger partial charge >= 0.3 is 0 Å². The lowest BCUT2D eigenvalue weighted by molar-refractivity contribution is -0.140. The van der Waals surface area contributed by atoms with Gasteiger partial charge in [0.15, 0.2) is 0 Å². The molecule has 2 amide bonds. The van der Waals surface area contributed by atoms with Crippen molar-refractivity contribution in [3.05, 3.63) is 77.4 Å². The Kier molecular flexibility index (Phi) is 6.75. The summed E-state index contributed by atoms with van der Waals surface area (Å²) in [5, 5.41) is 2.81. The Morgan fingerprint density at radius 3 is 2.27 bits per heavy atom. The molecule has 0 radical (unpaired) electrons. The molecular formula is C26H31F2N3O2. The molecule has 0 aromatic heterocycles. The van der Waals surface area contributed by atoms with Gasteiger partial charge in [-0.15, -0.1) is 0 Å². The molecule has 0 fully saturated rings. The van der Waals surface area contributed by atoms with E-state index in [1.165, 1.54) is 0 Å². The van der Waals surface area contributed by atoms with Crippen LogP contribution in [0.4, 0.5) is 8.78 Å². The number of nitrogens with two attached hydrogens (primary N) is 1. The van der Waals surface area contributed by atoms with Crippen molar-refractivity contribution < 1.29 is 18.4 Å². The number of benzene rings is 2. The van der Waals surface area contributed by atoms with Crippen molar-refractivity contribution in [2.24, 2.45) is 11.1 Å². The third-order valence-corrected chi connectivity index (χ3v) is 5.71. The van der Waals surface area contributed by atoms with Gasteiger partial charge < -0.3 is 16.0 Å². The van der Waals surface area contributed by atoms with Gasteiger partial charge in [-0.05, 0) is 48.6 Å². The Hall–Kier alpha value is -3.06. The maximum atomic E-state index is 14.5. The number of carbonyl (C=O) groups is 2. The van der Waals surface area contributed by atoms with E-state index >= 15 is 0 Å². The van der Waals surface area contributed by atoms with Crippen LogP contribution in [0.2, 0.25) is 0 Å². The summed E-state index contributed by atoms with van der Waals surface area (Å²) in [5.74, 6) is -1.89. The number of hydrogen-bond donors (Lipinski definition) is 2. The van der Waals surface area contributed by atoms with E-state index in [0.717, 1.165) is 23.8 Å². The molecule has 2 aromatic rings. The van der Waals surface area contributed by atoms with Crippen molar-refractivity contribution in [2.75, 3.05) is 6.54 Å². The first-order valence-electron chi connectivity index (χ1n) is 10.9. The van der Waals surface area contributed by atoms with Crippen molar-refractivity contribution in [2.45, 2.75) is 52.2 Å². The van der Waals surface area contributed by atoms with Gasteiger partial charge in [-0.1, -0.05) is 57.2 Å². The molecule has 0 bridgehead atoms. The summed E-state index contributed by atoms with van der Waals surface area (Å²) < 4.78 is 28.4. The predicted molar refractivity (Wildman–Crippen MR) is 125 cm³/mol. The molecule has 7 heteroatoms. The highest BCUT2D eigenvalue weighted by Crippen LogP contribution is 2.37. The van der Waals surface area contributed by atoms with Crippen LogP contribution in [0.3, 0.4) is 0 Å². The van der Waals surface area contributed by atoms with Gasteiger partial charge in [0.05, 0.1) is 11.6 Å². The smallest absolute Gasteiger partial charge is 0.246 e. The second-order valence-corrected chi connectivity index (χ2v) is 10.1. The first-order chi connectivity index (χ1) is 15.3. The zero-order valence-corrected chi connectivity index (χ0v) is 19.7. The van der Waals surface area contributed by atoms with Gasteiger partial charge in [0.2, 0.25) is 11.8 Å². The Bertz CT molecular complexity index is 1070. The van der Waals surface area contributed by atoms with E-state index < -0.39 is 40.6 Å². The largest absolute Gasteiger partial charge is 0.342 e. The monoisotopic (exact) mass is 455 g/mol. The van der Waals surface area contributed by atoms with E-state index in [1.807, 2.05) is 51.1 Å². The lowest BCUT2D eigenvalue weighted by Crippen LogP contribution is -2.60. The van der Waals surface area contributed by atoms with Gasteiger partial charge in [0.1, 0.15) is 17.7 Å². The van der Waals surface area contributed by atoms with Crippen molar-refractivity contribution in [1.82, 2.24) is 10.2 Å². The lowest BCUT2D eigenvalue weighted by atomic mass is 9.84. The molecule has 0 spiro atoms. The van der Waals surface area contributed by atoms with Crippen LogP contribution in [0.1, 0.15) is 51.8 Å². The SMILES string of the molecule is CC(C)(N)C(=O)N[C@H](C(=O)N1CC(c2cc(F)ccc2F)=C[C@H]1c1ccccc1)C(C)(C)C. The van der Waals surface area contributed by atoms with Crippen LogP contribution >= 0.6 is 0 Å². The van der Waals surface area contributed by atoms with Crippen molar-refractivity contribution in [3.63, 3.8) is 0 Å². The second kappa shape index (κ2) is 9.06. The van der Waals surface area contributed by atoms with Gasteiger partial charge in [-0.2, -0.15) is 0 Å². The number of rotatable bonds is 5. The molecule has 1 aliphatic heterocycles. The summed E-state index contributed by atoms with van der Waals surface area (Å²) in [7, 11) is 0. The summed E-state index contributed by atoms with van der Waals surface area (Å²) in [6.45, 7) is 8.78. The van der Waals surface area contributed by atoms with E-state index in [4.69, 9.17) is 5.73 Å². The average molecular weight is 456 g/mol. The maximum Gasteiger partial charge on any atom is 0.246 e. The number of halogens is 2. The van der Waals surface area contributed by atoms with Gasteiger partial charge in [-0.3, -0.25) is 9.59 Å². The summed E-state index contributed by atoms with van der Waals surface area (Å²) >= 11 is 0. The molecule has 0 saturated heterocycles. The van der Waals surface area contributed by atoms with Gasteiger partial charge in [0, 0.05) is 12.1 Å². The molecule has 3 rings (SSSR count). The summed E-state index contributed by atoms with van der Waals surface area (Å²) in [6, 6.07) is 11.2. The molecular weight excluding hydrogens is 424 g/mol. The lowest BCUT2D eigenvalue weighted by Gasteiger charge is -2.37. The molecule has 1 aliphatic rings. The van der Waals surface area contributed by atoms with Crippen LogP contribution in [-0.2, 0) is 9.59 Å². The van der Waals surface area contributed by atoms with Crippen LogP contribution in [-0.4, -0.2) is 34.8 Å². The number of hydrogen-bond acceptors (Lipinski definition) is 3. The van der Waals surface area contributed by atoms with Crippen LogP contribution < -0.4 is 11.1 Å². The topological polar surface area (TPSA) is 75.4 Å². The minimum Gasteiger partial charge on any atom is -0.342 e. The molecule has 2 atom stereocenters. The highest BCUT2D eigenvalue weighted by Gasteiger charge is 2.41. The summed E-state index contributed by atoms with van der Waals surface area (Å²) in [6.07, 6.45) is 1.78. The van der Waals surface area contributed by atoms with Gasteiger partial charge in [-0.25, -0.2) is 8.78 Å². The highest BCUT2D eigenvalue weighted by molar-refractivity contribution is 5.93. The molecule has 0 aliphatic carbocycles. The Labute approximate surface area is 193 Å². The van der Waals surface area contributed by atoms with E-state index in [-0.39, 0.29) is 18.0 Å². The number of nitrogens with zero attached hydrogens (tertiary/aromatic N) is 1. The molecule has 33 heavy (non-hydrogen) atoms. The average Bonchev–Trinajstić information content (AvgIpc) is 3.17. The molecule has 0 saturated carbocycles. The Balaban J connectivity index is 2.02. The van der Waals surface area contributed by atoms with E-state index in [1.54, 1.807) is 24.8 Å². The second-order valence-electron chi connectivity index (χ2n) is 10.1. The Morgan fingerprint density at radius 2 is 1.70 bits per heavy atom. The molecule has 3 N–H and O–H groups in total. The number of nitrogens with one attached hydrogen (secondary N) is 1. The van der Waals surface area contributed by atoms with Crippen molar-refractivity contribution in [3.8, 4) is 0 Å². The third kappa shape index (κ3) is 5.47. The minimum absolute atomic E-state index is 0.0766. The highest BCUT2D eigenvalue weighted by atomic mass is 19.1. The fraction of sp³-hybridized carbons (Fsp3) is 0.385. The van der Waals surface area contributed by atoms with Crippen molar-refractivity contribution in [1.29, 1.82) is 0 Å². The predicted octanol–water partition coefficient (Wildman–Crippen LogP) is 4.20. The van der Waals surface area contributed by atoms with Crippen LogP contribution in [0.5, 0.6) is 0 Å². The molecule has 1 heterocycles. The Morgan fingerprint density at radius 1 is 1.06 bits per heavy atom. The number of amides is 2. The zero-order chi connectivity index (χ0) is 24.6. The maximum absolute atomic E-state index is 14.5. The minimum atomic E-state index is -1.16. The van der Waals surface area contributed by atoms with E-state index in [2.05, 4.69) is 5.32 Å². The number of carbonyl (C=O) groups excluding carboxylic acids is 2. The summed E-state index contributed by atoms with van der Waals surface area (Å²) in [5.41, 5.74) is 5.62. The van der Waals surface area contributed by atoms with Crippen molar-refractivity contribution >= 4 is 17.4 Å². The normalized spacial score (nSPS) is 17.5. The fourth-order valence-corrected chi connectivity index (χ4v) is 3.81. The van der Waals surface area contributed by atoms with Crippen LogP contribution in [0, 0.1) is 17.0 Å². The quantitative estimate of drug-likeness (QED) is 0.710. The third-order valence-electron chi connectivity index (χ3n) is 5.71. The van der Waals surface area contributed by atoms with E-state index in [9.17, 15) is 18.4 Å². The molecule has 5 nitrogen and oxygen atoms in total. The van der Waals surface area contributed by atoms with Crippen LogP contribution in [0.25, 0.3) is 5.57 Å². The molecule has 0 unspecified atom stereocenters. The van der Waals surface area contributed by atoms with Gasteiger partial charge in [0.25, 0.3) is 0 Å². The summed E-state index contributed by atoms with van der Waals surface area (Å²) in [4.78, 5) is 28.1. The van der Waals surface area contributed by atoms with E-state index in [0.29, 0.717) is 5.57 Å². The van der Waals surface area contributed by atoms with Crippen LogP contribution in [0.15, 0.2) is 54.6 Å². The first-order valence-corrected chi connectivity index (χ1v) is 10.9. The molecule has 2 aromatic carbocycles. The fourth-order valence-electron chi connectivity index (χ4n) is 3.81. The molecule has 176 valence electrons.